The van der Waals surface area contributed by atoms with E-state index in [9.17, 15) is 5.11 Å². The van der Waals surface area contributed by atoms with Gasteiger partial charge in [0.25, 0.3) is 0 Å². The minimum atomic E-state index is 0.117. The van der Waals surface area contributed by atoms with Crippen LogP contribution in [-0.2, 0) is 6.54 Å². The van der Waals surface area contributed by atoms with E-state index in [4.69, 9.17) is 4.74 Å². The molecule has 1 aromatic carbocycles. The van der Waals surface area contributed by atoms with E-state index in [2.05, 4.69) is 42.0 Å². The number of hydrogen-bond acceptors (Lipinski definition) is 3. The van der Waals surface area contributed by atoms with E-state index in [1.807, 2.05) is 12.1 Å². The second kappa shape index (κ2) is 6.43. The molecule has 1 rings (SSSR count). The number of methoxy groups -OCH3 is 1. The standard InChI is InChI=1S/C14H22BrNO2/c1-5-6-14(2,3)16-9-10-7-11(15)13(17)12(8-10)18-4/h7-8,16-17H,5-6,9H2,1-4H3. The molecule has 0 atom stereocenters. The first kappa shape index (κ1) is 15.3. The molecule has 0 aliphatic heterocycles. The molecule has 0 amide bonds. The largest absolute Gasteiger partial charge is 0.503 e. The van der Waals surface area contributed by atoms with Crippen LogP contribution in [0.15, 0.2) is 16.6 Å². The van der Waals surface area contributed by atoms with Gasteiger partial charge in [-0.2, -0.15) is 0 Å². The molecule has 0 spiro atoms. The highest BCUT2D eigenvalue weighted by Gasteiger charge is 2.16. The smallest absolute Gasteiger partial charge is 0.172 e. The first-order valence-corrected chi connectivity index (χ1v) is 6.99. The molecule has 0 fully saturated rings. The van der Waals surface area contributed by atoms with Crippen molar-refractivity contribution in [3.63, 3.8) is 0 Å². The van der Waals surface area contributed by atoms with Crippen molar-refractivity contribution in [3.8, 4) is 11.5 Å². The van der Waals surface area contributed by atoms with Crippen molar-refractivity contribution < 1.29 is 9.84 Å². The number of rotatable bonds is 6. The van der Waals surface area contributed by atoms with Crippen molar-refractivity contribution in [2.75, 3.05) is 7.11 Å². The Hall–Kier alpha value is -0.740. The fraction of sp³-hybridized carbons (Fsp3) is 0.571. The quantitative estimate of drug-likeness (QED) is 0.838. The van der Waals surface area contributed by atoms with Crippen LogP contribution in [0.25, 0.3) is 0 Å². The molecule has 0 saturated heterocycles. The molecule has 0 aliphatic carbocycles. The van der Waals surface area contributed by atoms with E-state index in [1.54, 1.807) is 7.11 Å². The lowest BCUT2D eigenvalue weighted by molar-refractivity contribution is 0.353. The van der Waals surface area contributed by atoms with Gasteiger partial charge in [-0.05, 0) is 53.9 Å². The van der Waals surface area contributed by atoms with Crippen molar-refractivity contribution in [3.05, 3.63) is 22.2 Å². The van der Waals surface area contributed by atoms with Crippen LogP contribution in [0, 0.1) is 0 Å². The predicted octanol–water partition coefficient (Wildman–Crippen LogP) is 3.83. The fourth-order valence-electron chi connectivity index (χ4n) is 1.94. The van der Waals surface area contributed by atoms with Crippen LogP contribution >= 0.6 is 15.9 Å². The van der Waals surface area contributed by atoms with Crippen LogP contribution in [-0.4, -0.2) is 17.8 Å². The average Bonchev–Trinajstić information content (AvgIpc) is 2.30. The van der Waals surface area contributed by atoms with E-state index in [0.29, 0.717) is 10.2 Å². The lowest BCUT2D eigenvalue weighted by atomic mass is 9.98. The molecule has 4 heteroatoms. The van der Waals surface area contributed by atoms with Crippen molar-refractivity contribution in [2.24, 2.45) is 0 Å². The van der Waals surface area contributed by atoms with E-state index in [1.165, 1.54) is 0 Å². The van der Waals surface area contributed by atoms with Crippen molar-refractivity contribution in [2.45, 2.75) is 45.7 Å². The summed E-state index contributed by atoms with van der Waals surface area (Å²) in [4.78, 5) is 0. The Kier molecular flexibility index (Phi) is 5.47. The van der Waals surface area contributed by atoms with Crippen LogP contribution in [0.4, 0.5) is 0 Å². The first-order chi connectivity index (χ1) is 8.39. The average molecular weight is 316 g/mol. The summed E-state index contributed by atoms with van der Waals surface area (Å²) in [7, 11) is 1.56. The van der Waals surface area contributed by atoms with Gasteiger partial charge in [-0.15, -0.1) is 0 Å². The highest BCUT2D eigenvalue weighted by molar-refractivity contribution is 9.10. The molecule has 0 heterocycles. The summed E-state index contributed by atoms with van der Waals surface area (Å²) in [6.45, 7) is 7.33. The lowest BCUT2D eigenvalue weighted by Crippen LogP contribution is -2.38. The molecule has 0 saturated carbocycles. The van der Waals surface area contributed by atoms with Gasteiger partial charge in [-0.3, -0.25) is 0 Å². The van der Waals surface area contributed by atoms with Crippen molar-refractivity contribution in [1.82, 2.24) is 5.32 Å². The number of phenols is 1. The third kappa shape index (κ3) is 4.18. The lowest BCUT2D eigenvalue weighted by Gasteiger charge is -2.26. The van der Waals surface area contributed by atoms with Crippen molar-refractivity contribution >= 4 is 15.9 Å². The van der Waals surface area contributed by atoms with Gasteiger partial charge >= 0.3 is 0 Å². The minimum absolute atomic E-state index is 0.117. The van der Waals surface area contributed by atoms with Crippen LogP contribution in [0.1, 0.15) is 39.2 Å². The van der Waals surface area contributed by atoms with E-state index < -0.39 is 0 Å². The van der Waals surface area contributed by atoms with Gasteiger partial charge < -0.3 is 15.2 Å². The summed E-state index contributed by atoms with van der Waals surface area (Å²) < 4.78 is 5.80. The van der Waals surface area contributed by atoms with Crippen LogP contribution in [0.3, 0.4) is 0 Å². The molecule has 102 valence electrons. The number of hydrogen-bond donors (Lipinski definition) is 2. The monoisotopic (exact) mass is 315 g/mol. The fourth-order valence-corrected chi connectivity index (χ4v) is 2.43. The van der Waals surface area contributed by atoms with Gasteiger partial charge in [0.15, 0.2) is 11.5 Å². The maximum Gasteiger partial charge on any atom is 0.172 e. The van der Waals surface area contributed by atoms with Crippen LogP contribution in [0.5, 0.6) is 11.5 Å². The van der Waals surface area contributed by atoms with Gasteiger partial charge in [-0.25, -0.2) is 0 Å². The molecule has 0 unspecified atom stereocenters. The molecule has 1 aromatic rings. The number of nitrogens with one attached hydrogen (secondary N) is 1. The number of phenolic OH excluding ortho intramolecular Hbond substituents is 1. The minimum Gasteiger partial charge on any atom is -0.503 e. The molecular formula is C14H22BrNO2. The molecule has 18 heavy (non-hydrogen) atoms. The Morgan fingerprint density at radius 1 is 1.39 bits per heavy atom. The number of halogens is 1. The molecule has 0 aromatic heterocycles. The van der Waals surface area contributed by atoms with Gasteiger partial charge in [0, 0.05) is 12.1 Å². The SMILES string of the molecule is CCCC(C)(C)NCc1cc(Br)c(O)c(OC)c1. The van der Waals surface area contributed by atoms with E-state index >= 15 is 0 Å². The molecule has 0 aliphatic rings. The highest BCUT2D eigenvalue weighted by atomic mass is 79.9. The number of aromatic hydroxyl groups is 1. The Bertz CT molecular complexity index is 405. The normalized spacial score (nSPS) is 11.6. The van der Waals surface area contributed by atoms with Gasteiger partial charge in [0.05, 0.1) is 11.6 Å². The topological polar surface area (TPSA) is 41.5 Å². The zero-order valence-corrected chi connectivity index (χ0v) is 13.1. The van der Waals surface area contributed by atoms with E-state index in [-0.39, 0.29) is 11.3 Å². The predicted molar refractivity (Wildman–Crippen MR) is 78.2 cm³/mol. The molecular weight excluding hydrogens is 294 g/mol. The van der Waals surface area contributed by atoms with Gasteiger partial charge in [-0.1, -0.05) is 13.3 Å². The van der Waals surface area contributed by atoms with Crippen molar-refractivity contribution in [1.29, 1.82) is 0 Å². The zero-order valence-electron chi connectivity index (χ0n) is 11.5. The van der Waals surface area contributed by atoms with Crippen LogP contribution < -0.4 is 10.1 Å². The molecule has 0 bridgehead atoms. The van der Waals surface area contributed by atoms with Gasteiger partial charge in [0.2, 0.25) is 0 Å². The number of benzene rings is 1. The molecule has 2 N–H and O–H groups in total. The number of ether oxygens (including phenoxy) is 1. The third-order valence-electron chi connectivity index (χ3n) is 2.95. The maximum absolute atomic E-state index is 9.74. The summed E-state index contributed by atoms with van der Waals surface area (Å²) in [5.41, 5.74) is 1.20. The Balaban J connectivity index is 2.77. The Morgan fingerprint density at radius 3 is 2.61 bits per heavy atom. The summed E-state index contributed by atoms with van der Waals surface area (Å²) >= 11 is 3.33. The maximum atomic E-state index is 9.74. The highest BCUT2D eigenvalue weighted by Crippen LogP contribution is 2.35. The van der Waals surface area contributed by atoms with E-state index in [0.717, 1.165) is 24.9 Å². The summed E-state index contributed by atoms with van der Waals surface area (Å²) in [6, 6.07) is 3.77. The third-order valence-corrected chi connectivity index (χ3v) is 3.56. The summed E-state index contributed by atoms with van der Waals surface area (Å²) in [5.74, 6) is 0.642. The van der Waals surface area contributed by atoms with Gasteiger partial charge in [0.1, 0.15) is 0 Å². The molecule has 3 nitrogen and oxygen atoms in total. The Morgan fingerprint density at radius 2 is 2.06 bits per heavy atom. The second-order valence-electron chi connectivity index (χ2n) is 5.12. The Labute approximate surface area is 118 Å². The summed E-state index contributed by atoms with van der Waals surface area (Å²) in [5, 5.41) is 13.3. The van der Waals surface area contributed by atoms with Crippen LogP contribution in [0.2, 0.25) is 0 Å². The summed E-state index contributed by atoms with van der Waals surface area (Å²) in [6.07, 6.45) is 2.28. The second-order valence-corrected chi connectivity index (χ2v) is 5.97. The zero-order chi connectivity index (χ0) is 13.8. The first-order valence-electron chi connectivity index (χ1n) is 6.20. The molecule has 0 radical (unpaired) electrons.